The van der Waals surface area contributed by atoms with Crippen LogP contribution in [-0.4, -0.2) is 74.9 Å². The zero-order chi connectivity index (χ0) is 9.54. The molecule has 0 spiro atoms. The van der Waals surface area contributed by atoms with Gasteiger partial charge in [0.05, 0.1) is 0 Å². The molecule has 0 aromatic rings. The van der Waals surface area contributed by atoms with E-state index in [9.17, 15) is 0 Å². The summed E-state index contributed by atoms with van der Waals surface area (Å²) in [6.45, 7) is 11.5. The van der Waals surface area contributed by atoms with Crippen molar-refractivity contribution in [3.8, 4) is 0 Å². The van der Waals surface area contributed by atoms with Crippen LogP contribution in [0.2, 0.25) is 31.9 Å². The zero-order valence-electron chi connectivity index (χ0n) is 8.34. The van der Waals surface area contributed by atoms with Gasteiger partial charge in [0, 0.05) is 0 Å². The SMILES string of the molecule is C[Si]12C[Si]3(C)[Se][Si](C)([Se]1)[Si](C)([Se]2)[Se]3. The van der Waals surface area contributed by atoms with Gasteiger partial charge >= 0.3 is 107 Å². The quantitative estimate of drug-likeness (QED) is 0.401. The van der Waals surface area contributed by atoms with Crippen molar-refractivity contribution in [2.75, 3.05) is 0 Å². The average molecular weight is 502 g/mol. The van der Waals surface area contributed by atoms with Crippen molar-refractivity contribution in [1.82, 2.24) is 0 Å². The molecule has 4 fully saturated rings. The van der Waals surface area contributed by atoms with Crippen LogP contribution in [0.25, 0.3) is 0 Å². The first kappa shape index (κ1) is 11.1. The second kappa shape index (κ2) is 2.85. The van der Waals surface area contributed by atoms with Crippen LogP contribution in [-0.2, 0) is 0 Å². The van der Waals surface area contributed by atoms with Gasteiger partial charge in [0.2, 0.25) is 0 Å². The fourth-order valence-electron chi connectivity index (χ4n) is 2.83. The van der Waals surface area contributed by atoms with Crippen LogP contribution in [0.3, 0.4) is 0 Å². The standard InChI is InChI=1S/C5H14Se4Si4/c1-10-5-11(2)8-12(3,6-10)13(4,7-10)9-11/h5H2,1-4H3. The normalized spacial score (nSPS) is 69.2. The maximum absolute atomic E-state index is 2.92. The van der Waals surface area contributed by atoms with Crippen molar-refractivity contribution in [1.29, 1.82) is 0 Å². The van der Waals surface area contributed by atoms with Crippen LogP contribution in [0.5, 0.6) is 0 Å². The molecule has 0 aliphatic carbocycles. The van der Waals surface area contributed by atoms with E-state index in [4.69, 9.17) is 0 Å². The fraction of sp³-hybridized carbons (Fsp3) is 1.00. The van der Waals surface area contributed by atoms with Crippen LogP contribution in [0.15, 0.2) is 0 Å². The molecule has 8 heteroatoms. The molecule has 4 saturated heterocycles. The number of rotatable bonds is 0. The molecule has 13 heavy (non-hydrogen) atoms. The Morgan fingerprint density at radius 2 is 1.00 bits per heavy atom. The summed E-state index contributed by atoms with van der Waals surface area (Å²) in [5.74, 6) is 0. The summed E-state index contributed by atoms with van der Waals surface area (Å²) in [5, 5.41) is -0.851. The minimum absolute atomic E-state index is 0.392. The Morgan fingerprint density at radius 1 is 0.692 bits per heavy atom. The topological polar surface area (TPSA) is 0 Å². The molecule has 0 aromatic carbocycles. The van der Waals surface area contributed by atoms with Gasteiger partial charge in [-0.2, -0.15) is 0 Å². The molecule has 4 bridgehead atoms. The first-order valence-electron chi connectivity index (χ1n) is 4.59. The summed E-state index contributed by atoms with van der Waals surface area (Å²) < 4.78 is 0. The number of hydrogen-bond acceptors (Lipinski definition) is 0. The molecule has 4 aliphatic rings. The van der Waals surface area contributed by atoms with E-state index < -0.39 is 20.2 Å². The molecule has 4 heterocycles. The third kappa shape index (κ3) is 1.42. The van der Waals surface area contributed by atoms with Gasteiger partial charge in [0.1, 0.15) is 0 Å². The van der Waals surface area contributed by atoms with E-state index >= 15 is 0 Å². The molecule has 0 atom stereocenters. The first-order chi connectivity index (χ1) is 5.79. The van der Waals surface area contributed by atoms with Gasteiger partial charge in [-0.3, -0.25) is 0 Å². The van der Waals surface area contributed by atoms with Crippen molar-refractivity contribution < 1.29 is 0 Å². The van der Waals surface area contributed by atoms with Gasteiger partial charge in [-0.25, -0.2) is 0 Å². The van der Waals surface area contributed by atoms with Crippen LogP contribution in [0, 0.1) is 0 Å². The fourth-order valence-corrected chi connectivity index (χ4v) is 613. The minimum atomic E-state index is -0.425. The molecule has 0 N–H and O–H groups in total. The summed E-state index contributed by atoms with van der Waals surface area (Å²) in [7, 11) is 0. The second-order valence-electron chi connectivity index (χ2n) is 4.74. The predicted molar refractivity (Wildman–Crippen MR) is 74.3 cm³/mol. The monoisotopic (exact) mass is 506 g/mol. The van der Waals surface area contributed by atoms with E-state index in [0.29, 0.717) is 0 Å². The van der Waals surface area contributed by atoms with Crippen molar-refractivity contribution in [2.45, 2.75) is 31.9 Å². The van der Waals surface area contributed by atoms with Crippen molar-refractivity contribution >= 4 is 74.9 Å². The molecule has 74 valence electrons. The van der Waals surface area contributed by atoms with Crippen molar-refractivity contribution in [3.05, 3.63) is 0 Å². The first-order valence-corrected chi connectivity index (χ1v) is 35.8. The Balaban J connectivity index is 2.14. The molecular weight excluding hydrogens is 488 g/mol. The summed E-state index contributed by atoms with van der Waals surface area (Å²) in [5.41, 5.74) is 1.96. The summed E-state index contributed by atoms with van der Waals surface area (Å²) in [6, 6.07) is 0. The van der Waals surface area contributed by atoms with Gasteiger partial charge in [-0.05, 0) is 0 Å². The summed E-state index contributed by atoms with van der Waals surface area (Å²) >= 11 is 5.41. The van der Waals surface area contributed by atoms with Crippen LogP contribution in [0.1, 0.15) is 0 Å². The van der Waals surface area contributed by atoms with Gasteiger partial charge < -0.3 is 0 Å². The average Bonchev–Trinajstić information content (AvgIpc) is 1.96. The van der Waals surface area contributed by atoms with Crippen molar-refractivity contribution in [3.63, 3.8) is 0 Å². The van der Waals surface area contributed by atoms with Gasteiger partial charge in [-0.1, -0.05) is 0 Å². The van der Waals surface area contributed by atoms with E-state index in [1.165, 1.54) is 54.7 Å². The Labute approximate surface area is 105 Å². The van der Waals surface area contributed by atoms with E-state index in [2.05, 4.69) is 26.2 Å². The van der Waals surface area contributed by atoms with E-state index in [0.717, 1.165) is 0 Å². The van der Waals surface area contributed by atoms with Crippen LogP contribution >= 0.6 is 0 Å². The number of hydrogen-bond donors (Lipinski definition) is 0. The molecule has 0 radical (unpaired) electrons. The van der Waals surface area contributed by atoms with Gasteiger partial charge in [0.15, 0.2) is 0 Å². The molecule has 4 rings (SSSR count). The maximum atomic E-state index is 2.92. The van der Waals surface area contributed by atoms with Gasteiger partial charge in [0.25, 0.3) is 0 Å². The Hall–Kier alpha value is 2.95. The molecule has 4 aliphatic heterocycles. The van der Waals surface area contributed by atoms with Gasteiger partial charge in [-0.15, -0.1) is 0 Å². The Morgan fingerprint density at radius 3 is 1.23 bits per heavy atom. The molecule has 0 saturated carbocycles. The Bertz CT molecular complexity index is 254. The third-order valence-corrected chi connectivity index (χ3v) is 240. The van der Waals surface area contributed by atoms with Crippen molar-refractivity contribution in [2.24, 2.45) is 0 Å². The third-order valence-electron chi connectivity index (χ3n) is 3.11. The van der Waals surface area contributed by atoms with E-state index in [1.807, 2.05) is 5.67 Å². The Kier molecular flexibility index (Phi) is 2.42. The molecule has 0 aromatic heterocycles. The molecule has 0 nitrogen and oxygen atoms in total. The van der Waals surface area contributed by atoms with E-state index in [-0.39, 0.29) is 0 Å². The van der Waals surface area contributed by atoms with Crippen LogP contribution < -0.4 is 0 Å². The van der Waals surface area contributed by atoms with E-state index in [1.54, 1.807) is 0 Å². The second-order valence-corrected chi connectivity index (χ2v) is 108. The molecular formula is C5H14Se4Si4. The summed E-state index contributed by atoms with van der Waals surface area (Å²) in [6.07, 6.45) is 0. The zero-order valence-corrected chi connectivity index (χ0v) is 19.2. The predicted octanol–water partition coefficient (Wildman–Crippen LogP) is -0.250. The molecule has 0 unspecified atom stereocenters. The molecule has 0 amide bonds. The van der Waals surface area contributed by atoms with Crippen LogP contribution in [0.4, 0.5) is 0 Å². The summed E-state index contributed by atoms with van der Waals surface area (Å²) in [4.78, 5) is -0.784.